The van der Waals surface area contributed by atoms with E-state index in [1.54, 1.807) is 19.2 Å². The minimum Gasteiger partial charge on any atom is -0.496 e. The third-order valence-corrected chi connectivity index (χ3v) is 3.44. The van der Waals surface area contributed by atoms with Gasteiger partial charge in [0.25, 0.3) is 0 Å². The van der Waals surface area contributed by atoms with Crippen molar-refractivity contribution in [3.8, 4) is 5.75 Å². The number of carbonyl (C=O) groups excluding carboxylic acids is 1. The first-order valence-corrected chi connectivity index (χ1v) is 7.72. The molecule has 3 N–H and O–H groups in total. The molecule has 0 aliphatic carbocycles. The molecule has 0 spiro atoms. The Kier molecular flexibility index (Phi) is 6.51. The number of hydrogen-bond donors (Lipinski definition) is 3. The largest absolute Gasteiger partial charge is 0.496 e. The van der Waals surface area contributed by atoms with Crippen LogP contribution < -0.4 is 20.9 Å². The lowest BCUT2D eigenvalue weighted by atomic mass is 10.1. The first-order valence-electron chi connectivity index (χ1n) is 7.32. The molecule has 0 atom stereocenters. The molecular formula is C17H18FN3O2S. The van der Waals surface area contributed by atoms with Gasteiger partial charge in [0, 0.05) is 12.1 Å². The fourth-order valence-corrected chi connectivity index (χ4v) is 2.21. The fourth-order valence-electron chi connectivity index (χ4n) is 2.04. The number of anilines is 1. The maximum atomic E-state index is 12.8. The van der Waals surface area contributed by atoms with Gasteiger partial charge in [-0.3, -0.25) is 15.6 Å². The zero-order chi connectivity index (χ0) is 17.4. The number of amides is 1. The van der Waals surface area contributed by atoms with Crippen LogP contribution in [-0.2, 0) is 11.2 Å². The number of ether oxygens (including phenoxy) is 1. The Morgan fingerprint density at radius 1 is 1.12 bits per heavy atom. The molecule has 0 aliphatic rings. The highest BCUT2D eigenvalue weighted by Crippen LogP contribution is 2.18. The van der Waals surface area contributed by atoms with E-state index in [1.807, 2.05) is 24.3 Å². The van der Waals surface area contributed by atoms with Crippen LogP contribution in [-0.4, -0.2) is 18.1 Å². The van der Waals surface area contributed by atoms with Crippen LogP contribution in [0.5, 0.6) is 5.75 Å². The summed E-state index contributed by atoms with van der Waals surface area (Å²) >= 11 is 5.05. The van der Waals surface area contributed by atoms with Gasteiger partial charge in [-0.05, 0) is 54.5 Å². The normalized spacial score (nSPS) is 9.92. The summed E-state index contributed by atoms with van der Waals surface area (Å²) in [5.41, 5.74) is 6.70. The van der Waals surface area contributed by atoms with Gasteiger partial charge in [0.05, 0.1) is 7.11 Å². The summed E-state index contributed by atoms with van der Waals surface area (Å²) in [7, 11) is 1.60. The number of hydrazine groups is 1. The Hall–Kier alpha value is -2.67. The van der Waals surface area contributed by atoms with Crippen LogP contribution in [0, 0.1) is 5.82 Å². The number of aryl methyl sites for hydroxylation is 1. The Morgan fingerprint density at radius 3 is 2.54 bits per heavy atom. The number of thiocarbonyl (C=S) groups is 1. The second-order valence-corrected chi connectivity index (χ2v) is 5.35. The molecule has 2 aromatic rings. The minimum absolute atomic E-state index is 0.204. The second-order valence-electron chi connectivity index (χ2n) is 4.95. The van der Waals surface area contributed by atoms with Gasteiger partial charge in [-0.1, -0.05) is 18.2 Å². The smallest absolute Gasteiger partial charge is 0.238 e. The Bertz CT molecular complexity index is 707. The highest BCUT2D eigenvalue weighted by Gasteiger charge is 2.06. The van der Waals surface area contributed by atoms with Crippen molar-refractivity contribution >= 4 is 28.9 Å². The van der Waals surface area contributed by atoms with Gasteiger partial charge < -0.3 is 10.1 Å². The van der Waals surface area contributed by atoms with Crippen LogP contribution in [0.25, 0.3) is 0 Å². The van der Waals surface area contributed by atoms with Crippen molar-refractivity contribution < 1.29 is 13.9 Å². The molecule has 0 radical (unpaired) electrons. The number of benzene rings is 2. The highest BCUT2D eigenvalue weighted by atomic mass is 32.1. The van der Waals surface area contributed by atoms with Crippen molar-refractivity contribution in [3.05, 3.63) is 59.9 Å². The SMILES string of the molecule is COc1ccccc1CCC(=O)NNC(=S)Nc1ccc(F)cc1. The van der Waals surface area contributed by atoms with E-state index in [0.29, 0.717) is 12.1 Å². The molecule has 0 aliphatic heterocycles. The van der Waals surface area contributed by atoms with Crippen LogP contribution in [0.2, 0.25) is 0 Å². The van der Waals surface area contributed by atoms with E-state index in [9.17, 15) is 9.18 Å². The van der Waals surface area contributed by atoms with Crippen molar-refractivity contribution in [1.82, 2.24) is 10.9 Å². The van der Waals surface area contributed by atoms with Crippen LogP contribution in [0.1, 0.15) is 12.0 Å². The lowest BCUT2D eigenvalue weighted by Gasteiger charge is -2.12. The van der Waals surface area contributed by atoms with Crippen LogP contribution in [0.15, 0.2) is 48.5 Å². The first-order chi connectivity index (χ1) is 11.6. The zero-order valence-corrected chi connectivity index (χ0v) is 14.0. The van der Waals surface area contributed by atoms with Crippen molar-refractivity contribution in [2.24, 2.45) is 0 Å². The van der Waals surface area contributed by atoms with Crippen molar-refractivity contribution in [3.63, 3.8) is 0 Å². The van der Waals surface area contributed by atoms with Gasteiger partial charge in [-0.25, -0.2) is 4.39 Å². The number of halogens is 1. The van der Waals surface area contributed by atoms with E-state index in [-0.39, 0.29) is 23.3 Å². The number of nitrogens with one attached hydrogen (secondary N) is 3. The molecule has 0 unspecified atom stereocenters. The molecule has 5 nitrogen and oxygen atoms in total. The monoisotopic (exact) mass is 347 g/mol. The minimum atomic E-state index is -0.330. The molecule has 0 bridgehead atoms. The van der Waals surface area contributed by atoms with E-state index >= 15 is 0 Å². The van der Waals surface area contributed by atoms with E-state index in [1.165, 1.54) is 12.1 Å². The first kappa shape index (κ1) is 17.7. The summed E-state index contributed by atoms with van der Waals surface area (Å²) in [5, 5.41) is 3.05. The second kappa shape index (κ2) is 8.83. The van der Waals surface area contributed by atoms with Crippen LogP contribution in [0.4, 0.5) is 10.1 Å². The molecule has 2 rings (SSSR count). The number of rotatable bonds is 5. The van der Waals surface area contributed by atoms with Gasteiger partial charge in [0.1, 0.15) is 11.6 Å². The average Bonchev–Trinajstić information content (AvgIpc) is 2.60. The van der Waals surface area contributed by atoms with E-state index in [2.05, 4.69) is 16.2 Å². The molecule has 7 heteroatoms. The molecule has 1 amide bonds. The molecule has 0 heterocycles. The Morgan fingerprint density at radius 2 is 1.83 bits per heavy atom. The molecular weight excluding hydrogens is 329 g/mol. The predicted octanol–water partition coefficient (Wildman–Crippen LogP) is 2.78. The summed E-state index contributed by atoms with van der Waals surface area (Å²) in [4.78, 5) is 11.9. The molecule has 24 heavy (non-hydrogen) atoms. The summed E-state index contributed by atoms with van der Waals surface area (Å²) < 4.78 is 18.1. The maximum Gasteiger partial charge on any atom is 0.238 e. The Labute approximate surface area is 145 Å². The molecule has 0 saturated carbocycles. The maximum absolute atomic E-state index is 12.8. The van der Waals surface area contributed by atoms with Gasteiger partial charge in [0.15, 0.2) is 5.11 Å². The number of carbonyl (C=O) groups is 1. The molecule has 126 valence electrons. The van der Waals surface area contributed by atoms with Crippen molar-refractivity contribution in [1.29, 1.82) is 0 Å². The predicted molar refractivity (Wildman–Crippen MR) is 95.2 cm³/mol. The molecule has 0 fully saturated rings. The summed E-state index contributed by atoms with van der Waals surface area (Å²) in [6.07, 6.45) is 0.836. The summed E-state index contributed by atoms with van der Waals surface area (Å²) in [6, 6.07) is 13.3. The average molecular weight is 347 g/mol. The Balaban J connectivity index is 1.74. The summed E-state index contributed by atoms with van der Waals surface area (Å²) in [6.45, 7) is 0. The van der Waals surface area contributed by atoms with Gasteiger partial charge in [-0.15, -0.1) is 0 Å². The lowest BCUT2D eigenvalue weighted by molar-refractivity contribution is -0.121. The van der Waals surface area contributed by atoms with E-state index in [4.69, 9.17) is 17.0 Å². The van der Waals surface area contributed by atoms with Gasteiger partial charge in [0.2, 0.25) is 5.91 Å². The van der Waals surface area contributed by atoms with E-state index < -0.39 is 0 Å². The van der Waals surface area contributed by atoms with Gasteiger partial charge in [-0.2, -0.15) is 0 Å². The highest BCUT2D eigenvalue weighted by molar-refractivity contribution is 7.80. The fraction of sp³-hybridized carbons (Fsp3) is 0.176. The third-order valence-electron chi connectivity index (χ3n) is 3.23. The summed E-state index contributed by atoms with van der Waals surface area (Å²) in [5.74, 6) is 0.222. The molecule has 0 saturated heterocycles. The zero-order valence-electron chi connectivity index (χ0n) is 13.1. The van der Waals surface area contributed by atoms with E-state index in [0.717, 1.165) is 11.3 Å². The topological polar surface area (TPSA) is 62.4 Å². The standard InChI is InChI=1S/C17H18FN3O2S/c1-23-15-5-3-2-4-12(15)6-11-16(22)20-21-17(24)19-14-9-7-13(18)8-10-14/h2-5,7-10H,6,11H2,1H3,(H,20,22)(H2,19,21,24). The molecule has 0 aromatic heterocycles. The third kappa shape index (κ3) is 5.51. The number of hydrogen-bond acceptors (Lipinski definition) is 3. The van der Waals surface area contributed by atoms with Gasteiger partial charge >= 0.3 is 0 Å². The van der Waals surface area contributed by atoms with Crippen molar-refractivity contribution in [2.75, 3.05) is 12.4 Å². The number of methoxy groups -OCH3 is 1. The van der Waals surface area contributed by atoms with Crippen LogP contribution in [0.3, 0.4) is 0 Å². The van der Waals surface area contributed by atoms with Crippen molar-refractivity contribution in [2.45, 2.75) is 12.8 Å². The lowest BCUT2D eigenvalue weighted by Crippen LogP contribution is -2.43. The number of para-hydroxylation sites is 1. The van der Waals surface area contributed by atoms with Crippen LogP contribution >= 0.6 is 12.2 Å². The molecule has 2 aromatic carbocycles. The quantitative estimate of drug-likeness (QED) is 0.573.